The van der Waals surface area contributed by atoms with E-state index in [1.54, 1.807) is 0 Å². The number of para-hydroxylation sites is 1. The first-order chi connectivity index (χ1) is 14.6. The predicted octanol–water partition coefficient (Wildman–Crippen LogP) is 3.12. The van der Waals surface area contributed by atoms with Crippen molar-refractivity contribution in [2.45, 2.75) is 32.2 Å². The minimum Gasteiger partial charge on any atom is -0.494 e. The topological polar surface area (TPSA) is 46.9 Å². The molecule has 0 radical (unpaired) electrons. The third-order valence-electron chi connectivity index (χ3n) is 5.76. The molecule has 2 aromatic carbocycles. The second-order valence-electron chi connectivity index (χ2n) is 8.07. The third-order valence-corrected chi connectivity index (χ3v) is 6.96. The summed E-state index contributed by atoms with van der Waals surface area (Å²) in [6, 6.07) is 16.3. The normalized spacial score (nSPS) is 19.0. The molecule has 1 aliphatic rings. The molecule has 1 aliphatic heterocycles. The Labute approximate surface area is 182 Å². The van der Waals surface area contributed by atoms with E-state index in [0.29, 0.717) is 25.6 Å². The number of thiazole rings is 1. The smallest absolute Gasteiger partial charge is 0.277 e. The van der Waals surface area contributed by atoms with E-state index in [1.165, 1.54) is 21.0 Å². The fourth-order valence-corrected chi connectivity index (χ4v) is 5.26. The molecule has 0 saturated carbocycles. The molecule has 5 nitrogen and oxygen atoms in total. The molecule has 1 unspecified atom stereocenters. The number of amides is 1. The van der Waals surface area contributed by atoms with E-state index in [9.17, 15) is 4.79 Å². The van der Waals surface area contributed by atoms with Crippen LogP contribution in [0.4, 0.5) is 0 Å². The van der Waals surface area contributed by atoms with Crippen molar-refractivity contribution in [3.63, 3.8) is 0 Å². The number of carbonyl (C=O) groups excluding carboxylic acids is 1. The number of rotatable bonds is 7. The number of hydrogen-bond acceptors (Lipinski definition) is 4. The summed E-state index contributed by atoms with van der Waals surface area (Å²) in [6.45, 7) is 5.86. The number of piperidine rings is 1. The molecule has 0 spiro atoms. The molecular formula is C24H30N3O2S+. The van der Waals surface area contributed by atoms with Crippen molar-refractivity contribution in [3.05, 3.63) is 59.1 Å². The number of hydrogen-bond donors (Lipinski definition) is 1. The molecular weight excluding hydrogens is 394 g/mol. The molecule has 6 heteroatoms. The van der Waals surface area contributed by atoms with Crippen LogP contribution in [-0.4, -0.2) is 49.1 Å². The molecule has 1 amide bonds. The average Bonchev–Trinajstić information content (AvgIpc) is 3.20. The summed E-state index contributed by atoms with van der Waals surface area (Å²) in [5.41, 5.74) is 2.21. The van der Waals surface area contributed by atoms with Gasteiger partial charge in [-0.1, -0.05) is 24.3 Å². The Kier molecular flexibility index (Phi) is 6.65. The Bertz CT molecular complexity index is 953. The van der Waals surface area contributed by atoms with Crippen molar-refractivity contribution >= 4 is 27.5 Å². The van der Waals surface area contributed by atoms with Crippen LogP contribution in [0.25, 0.3) is 10.2 Å². The Hall–Kier alpha value is -2.44. The van der Waals surface area contributed by atoms with Gasteiger partial charge in [0.25, 0.3) is 5.91 Å². The van der Waals surface area contributed by atoms with Crippen LogP contribution in [0.5, 0.6) is 5.75 Å². The van der Waals surface area contributed by atoms with E-state index in [-0.39, 0.29) is 5.91 Å². The van der Waals surface area contributed by atoms with E-state index in [4.69, 9.17) is 9.72 Å². The maximum Gasteiger partial charge on any atom is 0.277 e. The zero-order valence-corrected chi connectivity index (χ0v) is 18.6. The standard InChI is InChI=1S/C24H29N3O2S/c1-3-29-20-12-10-18(11-13-20)15-26(2)23(28)17-27-14-6-7-19(16-27)24-25-21-8-4-5-9-22(21)30-24/h4-5,8-13,19H,3,6-7,14-17H2,1-2H3/p+1/t19-/m0/s1. The van der Waals surface area contributed by atoms with Crippen molar-refractivity contribution < 1.29 is 14.4 Å². The van der Waals surface area contributed by atoms with Gasteiger partial charge in [0.1, 0.15) is 10.8 Å². The average molecular weight is 425 g/mol. The van der Waals surface area contributed by atoms with Crippen molar-refractivity contribution in [2.24, 2.45) is 0 Å². The number of nitrogens with zero attached hydrogens (tertiary/aromatic N) is 2. The maximum atomic E-state index is 12.8. The lowest BCUT2D eigenvalue weighted by Crippen LogP contribution is -3.14. The van der Waals surface area contributed by atoms with E-state index >= 15 is 0 Å². The lowest BCUT2D eigenvalue weighted by atomic mass is 9.98. The number of quaternary nitrogens is 1. The molecule has 30 heavy (non-hydrogen) atoms. The minimum absolute atomic E-state index is 0.198. The van der Waals surface area contributed by atoms with E-state index < -0.39 is 0 Å². The first-order valence-corrected chi connectivity index (χ1v) is 11.6. The second kappa shape index (κ2) is 9.58. The molecule has 1 fully saturated rings. The summed E-state index contributed by atoms with van der Waals surface area (Å²) >= 11 is 1.81. The first kappa shape index (κ1) is 20.8. The highest BCUT2D eigenvalue weighted by Crippen LogP contribution is 2.30. The summed E-state index contributed by atoms with van der Waals surface area (Å²) < 4.78 is 6.75. The summed E-state index contributed by atoms with van der Waals surface area (Å²) in [7, 11) is 1.90. The van der Waals surface area contributed by atoms with Crippen LogP contribution in [0.3, 0.4) is 0 Å². The minimum atomic E-state index is 0.198. The number of nitrogens with one attached hydrogen (secondary N) is 1. The van der Waals surface area contributed by atoms with Gasteiger partial charge in [0.15, 0.2) is 6.54 Å². The van der Waals surface area contributed by atoms with Gasteiger partial charge in [0.05, 0.1) is 35.8 Å². The number of aromatic nitrogens is 1. The first-order valence-electron chi connectivity index (χ1n) is 10.8. The van der Waals surface area contributed by atoms with Crippen molar-refractivity contribution in [1.82, 2.24) is 9.88 Å². The van der Waals surface area contributed by atoms with Crippen LogP contribution in [0.15, 0.2) is 48.5 Å². The highest BCUT2D eigenvalue weighted by Gasteiger charge is 2.29. The van der Waals surface area contributed by atoms with Gasteiger partial charge in [-0.2, -0.15) is 0 Å². The van der Waals surface area contributed by atoms with Crippen LogP contribution in [0, 0.1) is 0 Å². The number of fused-ring (bicyclic) bond motifs is 1. The number of carbonyl (C=O) groups is 1. The fraction of sp³-hybridized carbons (Fsp3) is 0.417. The summed E-state index contributed by atoms with van der Waals surface area (Å²) in [4.78, 5) is 20.9. The van der Waals surface area contributed by atoms with Crippen LogP contribution < -0.4 is 9.64 Å². The van der Waals surface area contributed by atoms with Crippen LogP contribution in [0.2, 0.25) is 0 Å². The van der Waals surface area contributed by atoms with Crippen molar-refractivity contribution in [1.29, 1.82) is 0 Å². The maximum absolute atomic E-state index is 12.8. The highest BCUT2D eigenvalue weighted by molar-refractivity contribution is 7.18. The van der Waals surface area contributed by atoms with Crippen molar-refractivity contribution in [3.8, 4) is 5.75 Å². The van der Waals surface area contributed by atoms with Gasteiger partial charge >= 0.3 is 0 Å². The molecule has 0 aliphatic carbocycles. The lowest BCUT2D eigenvalue weighted by Gasteiger charge is -2.29. The molecule has 2 atom stereocenters. The largest absolute Gasteiger partial charge is 0.494 e. The quantitative estimate of drug-likeness (QED) is 0.634. The van der Waals surface area contributed by atoms with Crippen LogP contribution in [0.1, 0.15) is 36.3 Å². The molecule has 1 aromatic heterocycles. The number of likely N-dealkylation sites (tertiary alicyclic amines) is 1. The predicted molar refractivity (Wildman–Crippen MR) is 121 cm³/mol. The molecule has 158 valence electrons. The fourth-order valence-electron chi connectivity index (χ4n) is 4.16. The van der Waals surface area contributed by atoms with Gasteiger partial charge < -0.3 is 14.5 Å². The molecule has 3 aromatic rings. The van der Waals surface area contributed by atoms with Gasteiger partial charge in [-0.3, -0.25) is 4.79 Å². The molecule has 1 saturated heterocycles. The lowest BCUT2D eigenvalue weighted by molar-refractivity contribution is -0.898. The third kappa shape index (κ3) is 4.99. The summed E-state index contributed by atoms with van der Waals surface area (Å²) in [5.74, 6) is 1.52. The van der Waals surface area contributed by atoms with E-state index in [1.807, 2.05) is 60.5 Å². The SMILES string of the molecule is CCOc1ccc(CN(C)C(=O)C[NH+]2CCC[C@H](c3nc4ccccc4s3)C2)cc1. The van der Waals surface area contributed by atoms with Crippen LogP contribution >= 0.6 is 11.3 Å². The number of benzene rings is 2. The van der Waals surface area contributed by atoms with Gasteiger partial charge in [-0.25, -0.2) is 4.98 Å². The molecule has 0 bridgehead atoms. The zero-order valence-electron chi connectivity index (χ0n) is 17.8. The van der Waals surface area contributed by atoms with Gasteiger partial charge in [0.2, 0.25) is 0 Å². The molecule has 4 rings (SSSR count). The Balaban J connectivity index is 1.33. The van der Waals surface area contributed by atoms with Crippen molar-refractivity contribution in [2.75, 3.05) is 33.3 Å². The second-order valence-corrected chi connectivity index (χ2v) is 9.13. The Morgan fingerprint density at radius 2 is 2.03 bits per heavy atom. The van der Waals surface area contributed by atoms with Gasteiger partial charge in [-0.05, 0) is 49.6 Å². The molecule has 1 N–H and O–H groups in total. The Morgan fingerprint density at radius 1 is 1.23 bits per heavy atom. The monoisotopic (exact) mass is 424 g/mol. The zero-order chi connectivity index (χ0) is 20.9. The highest BCUT2D eigenvalue weighted by atomic mass is 32.1. The van der Waals surface area contributed by atoms with Crippen LogP contribution in [-0.2, 0) is 11.3 Å². The summed E-state index contributed by atoms with van der Waals surface area (Å²) in [6.07, 6.45) is 2.31. The summed E-state index contributed by atoms with van der Waals surface area (Å²) in [5, 5.41) is 1.23. The van der Waals surface area contributed by atoms with Gasteiger partial charge in [0, 0.05) is 13.6 Å². The van der Waals surface area contributed by atoms with Gasteiger partial charge in [-0.15, -0.1) is 11.3 Å². The van der Waals surface area contributed by atoms with E-state index in [0.717, 1.165) is 36.3 Å². The number of ether oxygens (including phenoxy) is 1. The number of likely N-dealkylation sites (N-methyl/N-ethyl adjacent to an activating group) is 1. The van der Waals surface area contributed by atoms with E-state index in [2.05, 4.69) is 18.2 Å². The molecule has 2 heterocycles. The Morgan fingerprint density at radius 3 is 2.80 bits per heavy atom.